The zero-order valence-corrected chi connectivity index (χ0v) is 16.4. The number of benzene rings is 3. The molecule has 0 aliphatic heterocycles. The van der Waals surface area contributed by atoms with Gasteiger partial charge >= 0.3 is 0 Å². The first kappa shape index (κ1) is 18.0. The second-order valence-corrected chi connectivity index (χ2v) is 6.99. The summed E-state index contributed by atoms with van der Waals surface area (Å²) in [4.78, 5) is 12.5. The van der Waals surface area contributed by atoms with Crippen LogP contribution in [0.3, 0.4) is 0 Å². The summed E-state index contributed by atoms with van der Waals surface area (Å²) in [5, 5.41) is 15.7. The summed E-state index contributed by atoms with van der Waals surface area (Å²) in [7, 11) is 1.62. The van der Waals surface area contributed by atoms with Crippen LogP contribution in [0.15, 0.2) is 72.8 Å². The van der Waals surface area contributed by atoms with E-state index in [9.17, 15) is 5.11 Å². The summed E-state index contributed by atoms with van der Waals surface area (Å²) in [5.41, 5.74) is 3.22. The van der Waals surface area contributed by atoms with Crippen LogP contribution in [0.5, 0.6) is 11.6 Å². The summed E-state index contributed by atoms with van der Waals surface area (Å²) < 4.78 is 5.55. The molecule has 3 aromatic carbocycles. The van der Waals surface area contributed by atoms with Gasteiger partial charge in [-0.05, 0) is 23.8 Å². The summed E-state index contributed by atoms with van der Waals surface area (Å²) >= 11 is 0. The van der Waals surface area contributed by atoms with E-state index in [-0.39, 0.29) is 5.88 Å². The SMILES string of the molecule is COc1cccc2c(NCc3ccccc3)nc(-c3c(O)[nH]c4ccccc34)nc12. The van der Waals surface area contributed by atoms with Gasteiger partial charge in [0.2, 0.25) is 5.88 Å². The summed E-state index contributed by atoms with van der Waals surface area (Å²) in [6, 6.07) is 23.6. The molecule has 5 aromatic rings. The number of ether oxygens (including phenoxy) is 1. The molecule has 0 saturated carbocycles. The van der Waals surface area contributed by atoms with Crippen LogP contribution in [0, 0.1) is 0 Å². The smallest absolute Gasteiger partial charge is 0.200 e. The van der Waals surface area contributed by atoms with Crippen LogP contribution in [0.1, 0.15) is 5.56 Å². The molecule has 0 saturated heterocycles. The maximum absolute atomic E-state index is 10.6. The van der Waals surface area contributed by atoms with Crippen molar-refractivity contribution in [3.63, 3.8) is 0 Å². The molecule has 0 spiro atoms. The lowest BCUT2D eigenvalue weighted by molar-refractivity contribution is 0.419. The van der Waals surface area contributed by atoms with E-state index in [1.165, 1.54) is 0 Å². The Labute approximate surface area is 173 Å². The van der Waals surface area contributed by atoms with Crippen molar-refractivity contribution in [2.45, 2.75) is 6.54 Å². The average Bonchev–Trinajstić information content (AvgIpc) is 3.13. The van der Waals surface area contributed by atoms with Crippen molar-refractivity contribution in [3.05, 3.63) is 78.4 Å². The van der Waals surface area contributed by atoms with E-state index in [1.807, 2.05) is 60.7 Å². The Morgan fingerprint density at radius 2 is 1.67 bits per heavy atom. The molecular weight excluding hydrogens is 376 g/mol. The standard InChI is InChI=1S/C24H20N4O2/c1-30-19-13-7-11-17-21(19)27-23(20-16-10-5-6-12-18(16)26-24(20)29)28-22(17)25-14-15-8-3-2-4-9-15/h2-13,26,29H,14H2,1H3,(H,25,27,28). The number of aromatic nitrogens is 3. The quantitative estimate of drug-likeness (QED) is 0.385. The zero-order chi connectivity index (χ0) is 20.5. The van der Waals surface area contributed by atoms with Gasteiger partial charge in [-0.25, -0.2) is 9.97 Å². The largest absolute Gasteiger partial charge is 0.494 e. The maximum Gasteiger partial charge on any atom is 0.200 e. The number of para-hydroxylation sites is 2. The van der Waals surface area contributed by atoms with Crippen molar-refractivity contribution in [3.8, 4) is 23.0 Å². The minimum atomic E-state index is 0.0412. The molecule has 0 radical (unpaired) electrons. The van der Waals surface area contributed by atoms with Gasteiger partial charge in [-0.3, -0.25) is 0 Å². The average molecular weight is 396 g/mol. The summed E-state index contributed by atoms with van der Waals surface area (Å²) in [5.74, 6) is 1.80. The predicted molar refractivity (Wildman–Crippen MR) is 119 cm³/mol. The molecule has 0 amide bonds. The number of H-pyrrole nitrogens is 1. The number of aromatic amines is 1. The van der Waals surface area contributed by atoms with Crippen LogP contribution in [0.2, 0.25) is 0 Å². The van der Waals surface area contributed by atoms with E-state index in [2.05, 4.69) is 22.4 Å². The molecule has 3 N–H and O–H groups in total. The maximum atomic E-state index is 10.6. The van der Waals surface area contributed by atoms with Gasteiger partial charge in [0.25, 0.3) is 0 Å². The summed E-state index contributed by atoms with van der Waals surface area (Å²) in [6.45, 7) is 0.615. The minimum absolute atomic E-state index is 0.0412. The van der Waals surface area contributed by atoms with Gasteiger partial charge in [0.1, 0.15) is 17.1 Å². The number of nitrogens with one attached hydrogen (secondary N) is 2. The third kappa shape index (κ3) is 3.08. The van der Waals surface area contributed by atoms with Crippen LogP contribution in [-0.2, 0) is 6.54 Å². The molecule has 6 heteroatoms. The predicted octanol–water partition coefficient (Wildman–Crippen LogP) is 5.10. The number of hydrogen-bond acceptors (Lipinski definition) is 5. The highest BCUT2D eigenvalue weighted by Crippen LogP contribution is 2.37. The molecule has 0 fully saturated rings. The highest BCUT2D eigenvalue weighted by Gasteiger charge is 2.19. The second-order valence-electron chi connectivity index (χ2n) is 6.99. The first-order valence-corrected chi connectivity index (χ1v) is 9.67. The molecule has 2 aromatic heterocycles. The van der Waals surface area contributed by atoms with E-state index in [0.29, 0.717) is 35.0 Å². The van der Waals surface area contributed by atoms with Gasteiger partial charge in [0, 0.05) is 22.8 Å². The number of fused-ring (bicyclic) bond motifs is 2. The van der Waals surface area contributed by atoms with Gasteiger partial charge in [0.15, 0.2) is 5.82 Å². The molecule has 0 aliphatic carbocycles. The van der Waals surface area contributed by atoms with Crippen LogP contribution in [0.25, 0.3) is 33.2 Å². The van der Waals surface area contributed by atoms with Crippen LogP contribution in [0.4, 0.5) is 5.82 Å². The Bertz CT molecular complexity index is 1350. The molecule has 2 heterocycles. The topological polar surface area (TPSA) is 83.1 Å². The van der Waals surface area contributed by atoms with Crippen LogP contribution < -0.4 is 10.1 Å². The van der Waals surface area contributed by atoms with Crippen molar-refractivity contribution in [1.82, 2.24) is 15.0 Å². The van der Waals surface area contributed by atoms with Crippen molar-refractivity contribution in [2.24, 2.45) is 0 Å². The number of methoxy groups -OCH3 is 1. The lowest BCUT2D eigenvalue weighted by Gasteiger charge is -2.13. The van der Waals surface area contributed by atoms with Gasteiger partial charge in [-0.15, -0.1) is 0 Å². The third-order valence-corrected chi connectivity index (χ3v) is 5.12. The first-order chi connectivity index (χ1) is 14.7. The van der Waals surface area contributed by atoms with Crippen LogP contribution in [-0.4, -0.2) is 27.2 Å². The Morgan fingerprint density at radius 3 is 2.50 bits per heavy atom. The van der Waals surface area contributed by atoms with E-state index in [1.54, 1.807) is 7.11 Å². The molecule has 30 heavy (non-hydrogen) atoms. The van der Waals surface area contributed by atoms with Gasteiger partial charge in [0.05, 0.1) is 12.7 Å². The fourth-order valence-corrected chi connectivity index (χ4v) is 3.67. The lowest BCUT2D eigenvalue weighted by Crippen LogP contribution is -2.04. The van der Waals surface area contributed by atoms with Gasteiger partial charge in [-0.1, -0.05) is 54.6 Å². The third-order valence-electron chi connectivity index (χ3n) is 5.12. The summed E-state index contributed by atoms with van der Waals surface area (Å²) in [6.07, 6.45) is 0. The van der Waals surface area contributed by atoms with E-state index < -0.39 is 0 Å². The van der Waals surface area contributed by atoms with E-state index in [0.717, 1.165) is 21.9 Å². The van der Waals surface area contributed by atoms with Crippen molar-refractivity contribution >= 4 is 27.6 Å². The molecule has 0 bridgehead atoms. The number of rotatable bonds is 5. The fraction of sp³-hybridized carbons (Fsp3) is 0.0833. The molecule has 148 valence electrons. The molecule has 6 nitrogen and oxygen atoms in total. The van der Waals surface area contributed by atoms with Crippen LogP contribution >= 0.6 is 0 Å². The number of aromatic hydroxyl groups is 1. The Balaban J connectivity index is 1.70. The molecule has 0 aliphatic rings. The molecule has 5 rings (SSSR count). The number of anilines is 1. The van der Waals surface area contributed by atoms with E-state index >= 15 is 0 Å². The molecular formula is C24H20N4O2. The monoisotopic (exact) mass is 396 g/mol. The normalized spacial score (nSPS) is 11.1. The van der Waals surface area contributed by atoms with Crippen molar-refractivity contribution < 1.29 is 9.84 Å². The zero-order valence-electron chi connectivity index (χ0n) is 16.4. The Morgan fingerprint density at radius 1 is 0.900 bits per heavy atom. The van der Waals surface area contributed by atoms with Crippen molar-refractivity contribution in [2.75, 3.05) is 12.4 Å². The first-order valence-electron chi connectivity index (χ1n) is 9.67. The molecule has 0 unspecified atom stereocenters. The highest BCUT2D eigenvalue weighted by molar-refractivity contribution is 6.00. The fourth-order valence-electron chi connectivity index (χ4n) is 3.67. The Kier molecular flexibility index (Phi) is 4.44. The van der Waals surface area contributed by atoms with Gasteiger partial charge < -0.3 is 20.1 Å². The van der Waals surface area contributed by atoms with E-state index in [4.69, 9.17) is 14.7 Å². The Hall–Kier alpha value is -4.06. The number of nitrogens with zero attached hydrogens (tertiary/aromatic N) is 2. The number of hydrogen-bond donors (Lipinski definition) is 3. The lowest BCUT2D eigenvalue weighted by atomic mass is 10.1. The van der Waals surface area contributed by atoms with Gasteiger partial charge in [-0.2, -0.15) is 0 Å². The minimum Gasteiger partial charge on any atom is -0.494 e. The molecule has 0 atom stereocenters. The second kappa shape index (κ2) is 7.40. The highest BCUT2D eigenvalue weighted by atomic mass is 16.5. The van der Waals surface area contributed by atoms with Crippen molar-refractivity contribution in [1.29, 1.82) is 0 Å².